The molecule has 0 spiro atoms. The van der Waals surface area contributed by atoms with Crippen molar-refractivity contribution >= 4 is 39.4 Å². The second-order valence-corrected chi connectivity index (χ2v) is 10.9. The molecule has 0 unspecified atom stereocenters. The van der Waals surface area contributed by atoms with Crippen molar-refractivity contribution in [3.8, 4) is 5.75 Å². The van der Waals surface area contributed by atoms with Crippen LogP contribution >= 0.6 is 11.6 Å². The number of anilines is 1. The van der Waals surface area contributed by atoms with Gasteiger partial charge < -0.3 is 4.74 Å². The molecule has 4 aromatic rings. The predicted octanol–water partition coefficient (Wildman–Crippen LogP) is 5.71. The van der Waals surface area contributed by atoms with Gasteiger partial charge in [-0.15, -0.1) is 0 Å². The first kappa shape index (κ1) is 27.8. The molecule has 0 radical (unpaired) electrons. The van der Waals surface area contributed by atoms with Crippen molar-refractivity contribution in [2.75, 3.05) is 10.8 Å². The number of rotatable bonds is 10. The maximum atomic E-state index is 14.6. The van der Waals surface area contributed by atoms with E-state index in [1.165, 1.54) is 36.5 Å². The van der Waals surface area contributed by atoms with Gasteiger partial charge in [-0.3, -0.25) is 9.10 Å². The molecule has 0 aliphatic rings. The first-order valence-electron chi connectivity index (χ1n) is 11.9. The number of hydrogen-bond donors (Lipinski definition) is 1. The number of aryl methyl sites for hydroxylation is 1. The number of hydrazone groups is 1. The molecule has 7 nitrogen and oxygen atoms in total. The molecule has 0 aliphatic heterocycles. The minimum absolute atomic E-state index is 0.0645. The third-order valence-electron chi connectivity index (χ3n) is 5.59. The SMILES string of the molecule is Cc1ccc(S(=O)(=O)N(CC(=O)N/N=C\c2ccc(OCc3cccc(Cl)c3)cc2)c2ccccc2F)cc1. The van der Waals surface area contributed by atoms with Crippen LogP contribution in [-0.4, -0.2) is 27.1 Å². The zero-order valence-electron chi connectivity index (χ0n) is 20.9. The minimum atomic E-state index is -4.24. The number of halogens is 2. The van der Waals surface area contributed by atoms with Crippen LogP contribution in [0, 0.1) is 12.7 Å². The molecular formula is C29H25ClFN3O4S. The van der Waals surface area contributed by atoms with Crippen LogP contribution in [0.5, 0.6) is 5.75 Å². The highest BCUT2D eigenvalue weighted by Gasteiger charge is 2.29. The van der Waals surface area contributed by atoms with Crippen LogP contribution in [0.15, 0.2) is 107 Å². The van der Waals surface area contributed by atoms with E-state index in [1.807, 2.05) is 25.1 Å². The zero-order chi connectivity index (χ0) is 27.8. The summed E-state index contributed by atoms with van der Waals surface area (Å²) in [5, 5.41) is 4.55. The van der Waals surface area contributed by atoms with E-state index >= 15 is 0 Å². The molecule has 0 aromatic heterocycles. The average molecular weight is 566 g/mol. The lowest BCUT2D eigenvalue weighted by Crippen LogP contribution is -2.40. The molecule has 0 heterocycles. The Bertz CT molecular complexity index is 1580. The Balaban J connectivity index is 1.41. The molecule has 1 N–H and O–H groups in total. The van der Waals surface area contributed by atoms with Gasteiger partial charge in [0, 0.05) is 5.02 Å². The second kappa shape index (κ2) is 12.6. The molecule has 0 fully saturated rings. The number of nitrogens with one attached hydrogen (secondary N) is 1. The average Bonchev–Trinajstić information content (AvgIpc) is 2.92. The van der Waals surface area contributed by atoms with Crippen molar-refractivity contribution in [1.29, 1.82) is 0 Å². The summed E-state index contributed by atoms with van der Waals surface area (Å²) in [4.78, 5) is 12.6. The first-order valence-corrected chi connectivity index (χ1v) is 13.7. The fourth-order valence-electron chi connectivity index (χ4n) is 3.58. The summed E-state index contributed by atoms with van der Waals surface area (Å²) < 4.78 is 47.8. The van der Waals surface area contributed by atoms with Crippen LogP contribution in [0.3, 0.4) is 0 Å². The van der Waals surface area contributed by atoms with Crippen molar-refractivity contribution < 1.29 is 22.3 Å². The summed E-state index contributed by atoms with van der Waals surface area (Å²) in [6.07, 6.45) is 1.40. The van der Waals surface area contributed by atoms with Gasteiger partial charge in [-0.05, 0) is 78.7 Å². The summed E-state index contributed by atoms with van der Waals surface area (Å²) in [7, 11) is -4.24. The maximum absolute atomic E-state index is 14.6. The van der Waals surface area contributed by atoms with E-state index in [9.17, 15) is 17.6 Å². The third kappa shape index (κ3) is 7.43. The first-order chi connectivity index (χ1) is 18.7. The fourth-order valence-corrected chi connectivity index (χ4v) is 5.22. The fraction of sp³-hybridized carbons (Fsp3) is 0.103. The number of benzene rings is 4. The Kier molecular flexibility index (Phi) is 8.96. The van der Waals surface area contributed by atoms with Crippen molar-refractivity contribution in [2.45, 2.75) is 18.4 Å². The maximum Gasteiger partial charge on any atom is 0.264 e. The Morgan fingerprint density at radius 1 is 1.00 bits per heavy atom. The van der Waals surface area contributed by atoms with E-state index in [4.69, 9.17) is 16.3 Å². The summed E-state index contributed by atoms with van der Waals surface area (Å²) in [6, 6.07) is 25.8. The van der Waals surface area contributed by atoms with Crippen molar-refractivity contribution in [2.24, 2.45) is 5.10 Å². The van der Waals surface area contributed by atoms with Crippen LogP contribution in [0.4, 0.5) is 10.1 Å². The van der Waals surface area contributed by atoms with Gasteiger partial charge in [0.25, 0.3) is 15.9 Å². The standard InChI is InChI=1S/C29H25ClFN3O4S/c1-21-9-15-26(16-10-21)39(36,37)34(28-8-3-2-7-27(28)31)19-29(35)33-32-18-22-11-13-25(14-12-22)38-20-23-5-4-6-24(30)17-23/h2-18H,19-20H2,1H3,(H,33,35)/b32-18-. The quantitative estimate of drug-likeness (QED) is 0.197. The van der Waals surface area contributed by atoms with E-state index in [1.54, 1.807) is 42.5 Å². The number of nitrogens with zero attached hydrogens (tertiary/aromatic N) is 2. The zero-order valence-corrected chi connectivity index (χ0v) is 22.5. The molecule has 0 atom stereocenters. The summed E-state index contributed by atoms with van der Waals surface area (Å²) >= 11 is 5.99. The Morgan fingerprint density at radius 2 is 1.72 bits per heavy atom. The van der Waals surface area contributed by atoms with E-state index in [0.29, 0.717) is 22.9 Å². The van der Waals surface area contributed by atoms with Gasteiger partial charge in [0.2, 0.25) is 0 Å². The van der Waals surface area contributed by atoms with Crippen molar-refractivity contribution in [1.82, 2.24) is 5.43 Å². The van der Waals surface area contributed by atoms with Crippen molar-refractivity contribution in [3.63, 3.8) is 0 Å². The molecule has 200 valence electrons. The van der Waals surface area contributed by atoms with E-state index in [2.05, 4.69) is 10.5 Å². The molecule has 0 aliphatic carbocycles. The largest absolute Gasteiger partial charge is 0.489 e. The number of carbonyl (C=O) groups excluding carboxylic acids is 1. The highest BCUT2D eigenvalue weighted by atomic mass is 35.5. The Hall–Kier alpha value is -4.21. The summed E-state index contributed by atoms with van der Waals surface area (Å²) in [5.41, 5.74) is 4.53. The van der Waals surface area contributed by atoms with Gasteiger partial charge in [0.15, 0.2) is 0 Å². The van der Waals surface area contributed by atoms with Crippen LogP contribution < -0.4 is 14.5 Å². The van der Waals surface area contributed by atoms with Gasteiger partial charge >= 0.3 is 0 Å². The van der Waals surface area contributed by atoms with Gasteiger partial charge in [-0.25, -0.2) is 18.2 Å². The van der Waals surface area contributed by atoms with Crippen LogP contribution in [0.2, 0.25) is 5.02 Å². The molecule has 39 heavy (non-hydrogen) atoms. The van der Waals surface area contributed by atoms with E-state index < -0.39 is 28.3 Å². The Labute approximate surface area is 231 Å². The monoisotopic (exact) mass is 565 g/mol. The Morgan fingerprint density at radius 3 is 2.41 bits per heavy atom. The minimum Gasteiger partial charge on any atom is -0.489 e. The van der Waals surface area contributed by atoms with Crippen LogP contribution in [0.1, 0.15) is 16.7 Å². The summed E-state index contributed by atoms with van der Waals surface area (Å²) in [5.74, 6) is -0.883. The number of sulfonamides is 1. The molecule has 0 saturated carbocycles. The van der Waals surface area contributed by atoms with Crippen molar-refractivity contribution in [3.05, 3.63) is 125 Å². The molecule has 0 saturated heterocycles. The van der Waals surface area contributed by atoms with Gasteiger partial charge in [-0.1, -0.05) is 53.6 Å². The molecular weight excluding hydrogens is 541 g/mol. The lowest BCUT2D eigenvalue weighted by Gasteiger charge is -2.24. The molecule has 1 amide bonds. The predicted molar refractivity (Wildman–Crippen MR) is 150 cm³/mol. The molecule has 10 heteroatoms. The van der Waals surface area contributed by atoms with E-state index in [-0.39, 0.29) is 10.6 Å². The smallest absolute Gasteiger partial charge is 0.264 e. The molecule has 4 aromatic carbocycles. The van der Waals surface area contributed by atoms with E-state index in [0.717, 1.165) is 21.5 Å². The normalized spacial score (nSPS) is 11.4. The molecule has 4 rings (SSSR count). The second-order valence-electron chi connectivity index (χ2n) is 8.56. The van der Waals surface area contributed by atoms with Gasteiger partial charge in [0.05, 0.1) is 16.8 Å². The lowest BCUT2D eigenvalue weighted by atomic mass is 10.2. The number of hydrogen-bond acceptors (Lipinski definition) is 5. The number of ether oxygens (including phenoxy) is 1. The molecule has 0 bridgehead atoms. The number of carbonyl (C=O) groups is 1. The van der Waals surface area contributed by atoms with Gasteiger partial charge in [-0.2, -0.15) is 5.10 Å². The van der Waals surface area contributed by atoms with Gasteiger partial charge in [0.1, 0.15) is 24.7 Å². The number of amides is 1. The highest BCUT2D eigenvalue weighted by Crippen LogP contribution is 2.26. The lowest BCUT2D eigenvalue weighted by molar-refractivity contribution is -0.119. The van der Waals surface area contributed by atoms with Crippen LogP contribution in [0.25, 0.3) is 0 Å². The van der Waals surface area contributed by atoms with Crippen LogP contribution in [-0.2, 0) is 21.4 Å². The highest BCUT2D eigenvalue weighted by molar-refractivity contribution is 7.92. The third-order valence-corrected chi connectivity index (χ3v) is 7.60. The number of para-hydroxylation sites is 1. The topological polar surface area (TPSA) is 88.1 Å². The summed E-state index contributed by atoms with van der Waals surface area (Å²) in [6.45, 7) is 1.50.